The minimum Gasteiger partial charge on any atom is -0.466 e. The van der Waals surface area contributed by atoms with Gasteiger partial charge in [0.2, 0.25) is 0 Å². The molecule has 1 rings (SSSR count). The van der Waals surface area contributed by atoms with Crippen LogP contribution in [0.5, 0.6) is 0 Å². The molecule has 0 amide bonds. The lowest BCUT2D eigenvalue weighted by molar-refractivity contribution is -0.143. The summed E-state index contributed by atoms with van der Waals surface area (Å²) in [7, 11) is 1.78. The number of nitrogens with zero attached hydrogens (tertiary/aromatic N) is 2. The number of halogens is 1. The second-order valence-electron chi connectivity index (χ2n) is 6.58. The van der Waals surface area contributed by atoms with Crippen molar-refractivity contribution in [3.63, 3.8) is 0 Å². The highest BCUT2D eigenvalue weighted by molar-refractivity contribution is 14.0. The van der Waals surface area contributed by atoms with Gasteiger partial charge in [0.05, 0.1) is 19.8 Å². The first-order valence-electron chi connectivity index (χ1n) is 10.1. The Morgan fingerprint density at radius 3 is 2.41 bits per heavy atom. The van der Waals surface area contributed by atoms with Crippen molar-refractivity contribution >= 4 is 35.9 Å². The van der Waals surface area contributed by atoms with Crippen LogP contribution in [0, 0.1) is 5.92 Å². The lowest BCUT2D eigenvalue weighted by Gasteiger charge is -2.39. The van der Waals surface area contributed by atoms with E-state index in [0.29, 0.717) is 31.5 Å². The van der Waals surface area contributed by atoms with Gasteiger partial charge in [-0.1, -0.05) is 26.7 Å². The van der Waals surface area contributed by atoms with Crippen molar-refractivity contribution in [3.8, 4) is 0 Å². The van der Waals surface area contributed by atoms with Gasteiger partial charge in [0, 0.05) is 45.7 Å². The molecule has 1 saturated heterocycles. The fourth-order valence-electron chi connectivity index (χ4n) is 3.43. The average Bonchev–Trinajstić information content (AvgIpc) is 2.67. The van der Waals surface area contributed by atoms with Gasteiger partial charge < -0.3 is 20.1 Å². The van der Waals surface area contributed by atoms with Gasteiger partial charge >= 0.3 is 5.97 Å². The van der Waals surface area contributed by atoms with Crippen LogP contribution in [0.2, 0.25) is 0 Å². The Hall–Kier alpha value is -0.610. The van der Waals surface area contributed by atoms with Gasteiger partial charge in [-0.05, 0) is 19.3 Å². The molecule has 0 aromatic heterocycles. The molecule has 27 heavy (non-hydrogen) atoms. The number of aliphatic imine (C=N–C) groups is 1. The summed E-state index contributed by atoms with van der Waals surface area (Å²) in [5, 5.41) is 6.76. The third-order valence-electron chi connectivity index (χ3n) is 4.97. The number of guanidine groups is 1. The summed E-state index contributed by atoms with van der Waals surface area (Å²) in [5.41, 5.74) is 0. The number of hydrogen-bond acceptors (Lipinski definition) is 5. The average molecular weight is 498 g/mol. The molecule has 0 aliphatic carbocycles. The van der Waals surface area contributed by atoms with E-state index in [1.165, 1.54) is 12.8 Å². The van der Waals surface area contributed by atoms with E-state index in [0.717, 1.165) is 45.2 Å². The van der Waals surface area contributed by atoms with Crippen molar-refractivity contribution in [3.05, 3.63) is 0 Å². The van der Waals surface area contributed by atoms with E-state index in [-0.39, 0.29) is 29.9 Å². The SMILES string of the molecule is CCOC(=O)CCCNC(=NC)NCC(C(CC)CC)N1CCOCC1.I. The van der Waals surface area contributed by atoms with Crippen LogP contribution in [0.15, 0.2) is 4.99 Å². The van der Waals surface area contributed by atoms with Gasteiger partial charge in [-0.25, -0.2) is 0 Å². The summed E-state index contributed by atoms with van der Waals surface area (Å²) in [6, 6.07) is 0.479. The molecule has 1 aliphatic rings. The maximum atomic E-state index is 11.4. The Morgan fingerprint density at radius 1 is 1.19 bits per heavy atom. The fourth-order valence-corrected chi connectivity index (χ4v) is 3.43. The van der Waals surface area contributed by atoms with Crippen LogP contribution in [-0.2, 0) is 14.3 Å². The molecule has 1 heterocycles. The molecule has 1 atom stereocenters. The van der Waals surface area contributed by atoms with Crippen LogP contribution >= 0.6 is 24.0 Å². The van der Waals surface area contributed by atoms with Crippen LogP contribution in [0.4, 0.5) is 0 Å². The predicted octanol–water partition coefficient (Wildman–Crippen LogP) is 2.25. The van der Waals surface area contributed by atoms with Crippen molar-refractivity contribution in [2.24, 2.45) is 10.9 Å². The second kappa shape index (κ2) is 16.4. The minimum atomic E-state index is -0.140. The maximum Gasteiger partial charge on any atom is 0.305 e. The molecular weight excluding hydrogens is 459 g/mol. The first kappa shape index (κ1) is 26.4. The van der Waals surface area contributed by atoms with Crippen LogP contribution in [-0.4, -0.2) is 75.9 Å². The highest BCUT2D eigenvalue weighted by atomic mass is 127. The molecule has 1 unspecified atom stereocenters. The summed E-state index contributed by atoms with van der Waals surface area (Å²) >= 11 is 0. The van der Waals surface area contributed by atoms with E-state index >= 15 is 0 Å². The van der Waals surface area contributed by atoms with E-state index in [1.807, 2.05) is 6.92 Å². The van der Waals surface area contributed by atoms with Crippen LogP contribution < -0.4 is 10.6 Å². The lowest BCUT2D eigenvalue weighted by atomic mass is 9.92. The number of morpholine rings is 1. The summed E-state index contributed by atoms with van der Waals surface area (Å²) in [4.78, 5) is 18.2. The van der Waals surface area contributed by atoms with E-state index in [2.05, 4.69) is 34.4 Å². The Bertz CT molecular complexity index is 414. The van der Waals surface area contributed by atoms with E-state index in [9.17, 15) is 4.79 Å². The van der Waals surface area contributed by atoms with Gasteiger partial charge in [-0.3, -0.25) is 14.7 Å². The molecule has 0 aromatic carbocycles. The van der Waals surface area contributed by atoms with Gasteiger partial charge in [-0.15, -0.1) is 24.0 Å². The second-order valence-corrected chi connectivity index (χ2v) is 6.58. The fraction of sp³-hybridized carbons (Fsp3) is 0.895. The van der Waals surface area contributed by atoms with Crippen molar-refractivity contribution in [1.82, 2.24) is 15.5 Å². The van der Waals surface area contributed by atoms with E-state index < -0.39 is 0 Å². The molecule has 7 nitrogen and oxygen atoms in total. The third kappa shape index (κ3) is 10.5. The number of carbonyl (C=O) groups is 1. The molecule has 0 radical (unpaired) electrons. The van der Waals surface area contributed by atoms with Gasteiger partial charge in [0.1, 0.15) is 0 Å². The van der Waals surface area contributed by atoms with Crippen LogP contribution in [0.25, 0.3) is 0 Å². The van der Waals surface area contributed by atoms with Gasteiger partial charge in [0.25, 0.3) is 0 Å². The molecule has 0 bridgehead atoms. The standard InChI is InChI=1S/C19H38N4O3.HI/c1-5-16(6-2)17(23-11-13-25-14-12-23)15-22-19(20-4)21-10-8-9-18(24)26-7-3;/h16-17H,5-15H2,1-4H3,(H2,20,21,22);1H. The molecule has 0 saturated carbocycles. The van der Waals surface area contributed by atoms with Gasteiger partial charge in [0.15, 0.2) is 5.96 Å². The molecule has 0 aromatic rings. The summed E-state index contributed by atoms with van der Waals surface area (Å²) in [6.45, 7) is 12.0. The zero-order chi connectivity index (χ0) is 19.2. The first-order chi connectivity index (χ1) is 12.7. The normalized spacial score (nSPS) is 16.6. The zero-order valence-electron chi connectivity index (χ0n) is 17.5. The van der Waals surface area contributed by atoms with E-state index in [1.54, 1.807) is 7.05 Å². The van der Waals surface area contributed by atoms with E-state index in [4.69, 9.17) is 9.47 Å². The van der Waals surface area contributed by atoms with Crippen LogP contribution in [0.1, 0.15) is 46.5 Å². The Kier molecular flexibility index (Phi) is 16.0. The van der Waals surface area contributed by atoms with Crippen molar-refractivity contribution in [2.45, 2.75) is 52.5 Å². The molecule has 0 spiro atoms. The summed E-state index contributed by atoms with van der Waals surface area (Å²) in [5.74, 6) is 1.30. The molecule has 8 heteroatoms. The number of ether oxygens (including phenoxy) is 2. The zero-order valence-corrected chi connectivity index (χ0v) is 19.8. The number of hydrogen-bond donors (Lipinski definition) is 2. The Labute approximate surface area is 182 Å². The third-order valence-corrected chi connectivity index (χ3v) is 4.97. The molecule has 1 fully saturated rings. The highest BCUT2D eigenvalue weighted by Crippen LogP contribution is 2.19. The number of rotatable bonds is 11. The topological polar surface area (TPSA) is 75.2 Å². The minimum absolute atomic E-state index is 0. The maximum absolute atomic E-state index is 11.4. The number of esters is 1. The Balaban J connectivity index is 0.00000676. The monoisotopic (exact) mass is 498 g/mol. The summed E-state index contributed by atoms with van der Waals surface area (Å²) < 4.78 is 10.5. The largest absolute Gasteiger partial charge is 0.466 e. The summed E-state index contributed by atoms with van der Waals surface area (Å²) in [6.07, 6.45) is 3.51. The predicted molar refractivity (Wildman–Crippen MR) is 121 cm³/mol. The molecule has 160 valence electrons. The smallest absolute Gasteiger partial charge is 0.305 e. The molecule has 1 aliphatic heterocycles. The lowest BCUT2D eigenvalue weighted by Crippen LogP contribution is -2.53. The Morgan fingerprint density at radius 2 is 1.85 bits per heavy atom. The van der Waals surface area contributed by atoms with Gasteiger partial charge in [-0.2, -0.15) is 0 Å². The molecule has 2 N–H and O–H groups in total. The molecular formula is C19H39IN4O3. The quantitative estimate of drug-likeness (QED) is 0.150. The highest BCUT2D eigenvalue weighted by Gasteiger charge is 2.26. The van der Waals surface area contributed by atoms with Crippen molar-refractivity contribution in [2.75, 3.05) is 53.0 Å². The van der Waals surface area contributed by atoms with Crippen LogP contribution in [0.3, 0.4) is 0 Å². The van der Waals surface area contributed by atoms with Crippen molar-refractivity contribution in [1.29, 1.82) is 0 Å². The number of nitrogens with one attached hydrogen (secondary N) is 2. The van der Waals surface area contributed by atoms with Crippen molar-refractivity contribution < 1.29 is 14.3 Å². The first-order valence-corrected chi connectivity index (χ1v) is 10.1. The number of carbonyl (C=O) groups excluding carboxylic acids is 1.